The molecule has 0 spiro atoms. The summed E-state index contributed by atoms with van der Waals surface area (Å²) < 4.78 is 0. The molecular formula is C30H24Cl2N2O. The van der Waals surface area contributed by atoms with Gasteiger partial charge in [-0.15, -0.1) is 0 Å². The van der Waals surface area contributed by atoms with Gasteiger partial charge in [0.25, 0.3) is 5.56 Å². The predicted octanol–water partition coefficient (Wildman–Crippen LogP) is 8.47. The van der Waals surface area contributed by atoms with Gasteiger partial charge in [-0.1, -0.05) is 91.5 Å². The Morgan fingerprint density at radius 3 is 2.17 bits per heavy atom. The average molecular weight is 499 g/mol. The van der Waals surface area contributed by atoms with Crippen LogP contribution in [0.2, 0.25) is 10.0 Å². The molecule has 0 bridgehead atoms. The third-order valence-corrected chi connectivity index (χ3v) is 6.60. The highest BCUT2D eigenvalue weighted by Crippen LogP contribution is 2.41. The van der Waals surface area contributed by atoms with Gasteiger partial charge in [0.15, 0.2) is 0 Å². The Hall–Kier alpha value is -3.79. The lowest BCUT2D eigenvalue weighted by Crippen LogP contribution is -2.10. The molecular weight excluding hydrogens is 475 g/mol. The van der Waals surface area contributed by atoms with E-state index in [2.05, 4.69) is 24.7 Å². The van der Waals surface area contributed by atoms with Gasteiger partial charge < -0.3 is 9.88 Å². The second kappa shape index (κ2) is 10.2. The van der Waals surface area contributed by atoms with Gasteiger partial charge in [0, 0.05) is 51.6 Å². The van der Waals surface area contributed by atoms with Crippen LogP contribution >= 0.6 is 23.2 Å². The van der Waals surface area contributed by atoms with Crippen LogP contribution in [0.15, 0.2) is 115 Å². The van der Waals surface area contributed by atoms with Crippen molar-refractivity contribution in [2.45, 2.75) is 6.92 Å². The van der Waals surface area contributed by atoms with Crippen LogP contribution in [0.3, 0.4) is 0 Å². The van der Waals surface area contributed by atoms with Gasteiger partial charge in [-0.2, -0.15) is 0 Å². The molecule has 0 atom stereocenters. The fourth-order valence-corrected chi connectivity index (χ4v) is 4.50. The number of pyridine rings is 1. The monoisotopic (exact) mass is 498 g/mol. The summed E-state index contributed by atoms with van der Waals surface area (Å²) in [6.45, 7) is 13.6. The molecule has 4 rings (SSSR count). The average Bonchev–Trinajstić information content (AvgIpc) is 2.85. The first-order valence-corrected chi connectivity index (χ1v) is 11.7. The number of hydrogen-bond acceptors (Lipinski definition) is 2. The van der Waals surface area contributed by atoms with Gasteiger partial charge in [0.1, 0.15) is 0 Å². The highest BCUT2D eigenvalue weighted by Gasteiger charge is 2.17. The number of allylic oxidation sites excluding steroid dienone is 5. The van der Waals surface area contributed by atoms with Crippen molar-refractivity contribution in [3.05, 3.63) is 142 Å². The zero-order valence-electron chi connectivity index (χ0n) is 19.3. The van der Waals surface area contributed by atoms with Crippen LogP contribution in [0.4, 0.5) is 0 Å². The van der Waals surface area contributed by atoms with Crippen molar-refractivity contribution in [1.29, 1.82) is 0 Å². The van der Waals surface area contributed by atoms with Gasteiger partial charge in [0.2, 0.25) is 0 Å². The highest BCUT2D eigenvalue weighted by molar-refractivity contribution is 6.39. The fourth-order valence-electron chi connectivity index (χ4n) is 3.84. The van der Waals surface area contributed by atoms with Crippen LogP contribution in [0.1, 0.15) is 18.1 Å². The van der Waals surface area contributed by atoms with E-state index in [0.717, 1.165) is 33.5 Å². The van der Waals surface area contributed by atoms with Gasteiger partial charge in [0.05, 0.1) is 10.0 Å². The van der Waals surface area contributed by atoms with Crippen molar-refractivity contribution in [2.24, 2.45) is 0 Å². The minimum atomic E-state index is -0.220. The van der Waals surface area contributed by atoms with Gasteiger partial charge in [-0.3, -0.25) is 4.79 Å². The molecule has 1 aliphatic rings. The number of hydrogen-bond donors (Lipinski definition) is 1. The highest BCUT2D eigenvalue weighted by atomic mass is 35.5. The quantitative estimate of drug-likeness (QED) is 0.345. The molecule has 174 valence electrons. The van der Waals surface area contributed by atoms with Crippen LogP contribution in [0, 0.1) is 0 Å². The lowest BCUT2D eigenvalue weighted by atomic mass is 9.95. The number of benzene rings is 2. The molecule has 1 aromatic heterocycles. The summed E-state index contributed by atoms with van der Waals surface area (Å²) in [6, 6.07) is 15.1. The van der Waals surface area contributed by atoms with Gasteiger partial charge in [-0.05, 0) is 42.4 Å². The standard InChI is InChI=1S/C30H24Cl2N2O/c1-5-19(3)18-34-16-15-22(17-20(34)4)23-9-7-10-24(28(23)31)25-11-8-12-26(29(25)32)27-14-13-21(6-2)30(35)33-27/h5-18H,1-2,4H2,3H3,(H,33,35)/b19-18+. The summed E-state index contributed by atoms with van der Waals surface area (Å²) >= 11 is 13.8. The molecule has 1 N–H and O–H groups in total. The van der Waals surface area contributed by atoms with Crippen LogP contribution in [-0.2, 0) is 0 Å². The molecule has 5 heteroatoms. The maximum atomic E-state index is 12.3. The van der Waals surface area contributed by atoms with Crippen molar-refractivity contribution in [1.82, 2.24) is 9.88 Å². The second-order valence-electron chi connectivity index (χ2n) is 8.09. The molecule has 3 aromatic rings. The Balaban J connectivity index is 1.75. The van der Waals surface area contributed by atoms with E-state index in [-0.39, 0.29) is 5.56 Å². The van der Waals surface area contributed by atoms with E-state index in [9.17, 15) is 4.79 Å². The number of rotatable bonds is 6. The smallest absolute Gasteiger partial charge is 0.255 e. The van der Waals surface area contributed by atoms with Crippen LogP contribution < -0.4 is 5.56 Å². The van der Waals surface area contributed by atoms with Gasteiger partial charge >= 0.3 is 0 Å². The molecule has 1 aliphatic heterocycles. The Morgan fingerprint density at radius 2 is 1.57 bits per heavy atom. The normalized spacial score (nSPS) is 13.6. The minimum absolute atomic E-state index is 0.220. The zero-order chi connectivity index (χ0) is 25.1. The van der Waals surface area contributed by atoms with Crippen molar-refractivity contribution < 1.29 is 0 Å². The maximum Gasteiger partial charge on any atom is 0.255 e. The summed E-state index contributed by atoms with van der Waals surface area (Å²) in [5.74, 6) is 0. The molecule has 0 aliphatic carbocycles. The number of H-pyrrole nitrogens is 1. The van der Waals surface area contributed by atoms with Crippen molar-refractivity contribution in [3.63, 3.8) is 0 Å². The number of nitrogens with zero attached hydrogens (tertiary/aromatic N) is 1. The van der Waals surface area contributed by atoms with Crippen LogP contribution in [-0.4, -0.2) is 9.88 Å². The van der Waals surface area contributed by atoms with E-state index in [4.69, 9.17) is 23.2 Å². The Labute approximate surface area is 215 Å². The first-order chi connectivity index (χ1) is 16.8. The van der Waals surface area contributed by atoms with Crippen LogP contribution in [0.5, 0.6) is 0 Å². The lowest BCUT2D eigenvalue weighted by molar-refractivity contribution is 0.645. The fraction of sp³-hybridized carbons (Fsp3) is 0.0333. The number of nitrogens with one attached hydrogen (secondary N) is 1. The molecule has 0 radical (unpaired) electrons. The third-order valence-electron chi connectivity index (χ3n) is 5.78. The molecule has 0 saturated heterocycles. The Kier molecular flexibility index (Phi) is 7.11. The second-order valence-corrected chi connectivity index (χ2v) is 8.84. The molecule has 2 heterocycles. The van der Waals surface area contributed by atoms with E-state index >= 15 is 0 Å². The van der Waals surface area contributed by atoms with Crippen molar-refractivity contribution in [2.75, 3.05) is 0 Å². The van der Waals surface area contributed by atoms with E-state index in [1.54, 1.807) is 12.1 Å². The maximum absolute atomic E-state index is 12.3. The summed E-state index contributed by atoms with van der Waals surface area (Å²) in [4.78, 5) is 17.1. The first-order valence-electron chi connectivity index (χ1n) is 11.0. The van der Waals surface area contributed by atoms with E-state index in [1.807, 2.05) is 78.8 Å². The molecule has 0 amide bonds. The zero-order valence-corrected chi connectivity index (χ0v) is 20.8. The van der Waals surface area contributed by atoms with Crippen molar-refractivity contribution >= 4 is 34.9 Å². The molecule has 35 heavy (non-hydrogen) atoms. The van der Waals surface area contributed by atoms with Gasteiger partial charge in [-0.25, -0.2) is 0 Å². The van der Waals surface area contributed by atoms with E-state index < -0.39 is 0 Å². The SMILES string of the molecule is C=C/C(C)=C/N1C=CC(c2cccc(-c3cccc(-c4ccc(C=C)c(=O)[nH]4)c3Cl)c2Cl)=CC1=C. The lowest BCUT2D eigenvalue weighted by Gasteiger charge is -2.22. The van der Waals surface area contributed by atoms with Crippen LogP contribution in [0.25, 0.3) is 34.0 Å². The van der Waals surface area contributed by atoms with E-state index in [0.29, 0.717) is 26.9 Å². The third kappa shape index (κ3) is 4.88. The topological polar surface area (TPSA) is 36.1 Å². The first kappa shape index (κ1) is 24.3. The number of aromatic nitrogens is 1. The van der Waals surface area contributed by atoms with E-state index in [1.165, 1.54) is 6.08 Å². The Bertz CT molecular complexity index is 1500. The summed E-state index contributed by atoms with van der Waals surface area (Å²) in [7, 11) is 0. The molecule has 0 saturated carbocycles. The summed E-state index contributed by atoms with van der Waals surface area (Å²) in [5, 5.41) is 1.08. The largest absolute Gasteiger partial charge is 0.324 e. The molecule has 0 unspecified atom stereocenters. The number of halogens is 2. The number of aromatic amines is 1. The molecule has 2 aromatic carbocycles. The summed E-state index contributed by atoms with van der Waals surface area (Å²) in [5.41, 5.74) is 6.85. The molecule has 3 nitrogen and oxygen atoms in total. The predicted molar refractivity (Wildman–Crippen MR) is 150 cm³/mol. The van der Waals surface area contributed by atoms with Crippen molar-refractivity contribution in [3.8, 4) is 22.4 Å². The minimum Gasteiger partial charge on any atom is -0.324 e. The summed E-state index contributed by atoms with van der Waals surface area (Å²) in [6.07, 6.45) is 11.2. The Morgan fingerprint density at radius 1 is 0.943 bits per heavy atom. The molecule has 0 fully saturated rings.